The molecule has 2 N–H and O–H groups in total. The first-order valence-electron chi connectivity index (χ1n) is 5.91. The van der Waals surface area contributed by atoms with Gasteiger partial charge >= 0.3 is 0 Å². The van der Waals surface area contributed by atoms with Crippen LogP contribution in [0.15, 0.2) is 18.2 Å². The van der Waals surface area contributed by atoms with Crippen LogP contribution in [0.5, 0.6) is 5.75 Å². The van der Waals surface area contributed by atoms with Crippen LogP contribution in [0.2, 0.25) is 0 Å². The standard InChI is InChI=1S/C13H17NO/c15-12-6-1-3-9-7-8-11(13(9)12)14-10-4-2-5-10/h1,3,6,10-11,14-15H,2,4-5,7-8H2. The van der Waals surface area contributed by atoms with Gasteiger partial charge in [-0.25, -0.2) is 0 Å². The van der Waals surface area contributed by atoms with Gasteiger partial charge in [-0.15, -0.1) is 0 Å². The fourth-order valence-corrected chi connectivity index (χ4v) is 2.69. The molecule has 1 aromatic rings. The van der Waals surface area contributed by atoms with E-state index < -0.39 is 0 Å². The van der Waals surface area contributed by atoms with Gasteiger partial charge in [-0.1, -0.05) is 18.6 Å². The summed E-state index contributed by atoms with van der Waals surface area (Å²) in [4.78, 5) is 0. The minimum Gasteiger partial charge on any atom is -0.508 e. The molecule has 2 heteroatoms. The summed E-state index contributed by atoms with van der Waals surface area (Å²) in [5, 5.41) is 13.5. The monoisotopic (exact) mass is 203 g/mol. The van der Waals surface area contributed by atoms with Crippen LogP contribution in [0.25, 0.3) is 0 Å². The van der Waals surface area contributed by atoms with Crippen molar-refractivity contribution in [3.63, 3.8) is 0 Å². The summed E-state index contributed by atoms with van der Waals surface area (Å²) in [6, 6.07) is 6.98. The fourth-order valence-electron chi connectivity index (χ4n) is 2.69. The maximum atomic E-state index is 9.87. The molecular formula is C13H17NO. The van der Waals surface area contributed by atoms with Crippen LogP contribution in [0, 0.1) is 0 Å². The second-order valence-electron chi connectivity index (χ2n) is 4.74. The Kier molecular flexibility index (Phi) is 2.17. The van der Waals surface area contributed by atoms with Crippen LogP contribution in [0.4, 0.5) is 0 Å². The number of hydrogen-bond donors (Lipinski definition) is 2. The molecule has 2 aliphatic carbocycles. The third-order valence-electron chi connectivity index (χ3n) is 3.77. The number of aromatic hydroxyl groups is 1. The molecule has 0 aliphatic heterocycles. The number of aryl methyl sites for hydroxylation is 1. The van der Waals surface area contributed by atoms with Crippen molar-refractivity contribution in [3.05, 3.63) is 29.3 Å². The Bertz CT molecular complexity index is 371. The summed E-state index contributed by atoms with van der Waals surface area (Å²) in [5.74, 6) is 0.474. The molecule has 2 nitrogen and oxygen atoms in total. The number of rotatable bonds is 2. The molecule has 1 saturated carbocycles. The number of fused-ring (bicyclic) bond motifs is 1. The molecule has 3 rings (SSSR count). The molecular weight excluding hydrogens is 186 g/mol. The van der Waals surface area contributed by atoms with Crippen molar-refractivity contribution >= 4 is 0 Å². The van der Waals surface area contributed by atoms with Gasteiger partial charge in [0.2, 0.25) is 0 Å². The van der Waals surface area contributed by atoms with E-state index in [1.54, 1.807) is 6.07 Å². The first-order chi connectivity index (χ1) is 7.34. The van der Waals surface area contributed by atoms with Gasteiger partial charge in [-0.3, -0.25) is 0 Å². The number of benzene rings is 1. The molecule has 0 aromatic heterocycles. The van der Waals surface area contributed by atoms with E-state index in [0.29, 0.717) is 17.8 Å². The van der Waals surface area contributed by atoms with E-state index in [0.717, 1.165) is 18.4 Å². The van der Waals surface area contributed by atoms with Crippen molar-refractivity contribution in [2.45, 2.75) is 44.2 Å². The molecule has 0 heterocycles. The lowest BCUT2D eigenvalue weighted by atomic mass is 9.91. The van der Waals surface area contributed by atoms with Crippen molar-refractivity contribution in [1.29, 1.82) is 0 Å². The molecule has 2 aliphatic rings. The molecule has 1 fully saturated rings. The Hall–Kier alpha value is -1.02. The lowest BCUT2D eigenvalue weighted by molar-refractivity contribution is 0.301. The normalized spacial score (nSPS) is 24.9. The third-order valence-corrected chi connectivity index (χ3v) is 3.77. The van der Waals surface area contributed by atoms with Gasteiger partial charge in [0.15, 0.2) is 0 Å². The van der Waals surface area contributed by atoms with Crippen LogP contribution in [-0.2, 0) is 6.42 Å². The van der Waals surface area contributed by atoms with Gasteiger partial charge in [0.25, 0.3) is 0 Å². The molecule has 0 saturated heterocycles. The van der Waals surface area contributed by atoms with Crippen molar-refractivity contribution in [2.24, 2.45) is 0 Å². The molecule has 1 aromatic carbocycles. The smallest absolute Gasteiger partial charge is 0.120 e. The van der Waals surface area contributed by atoms with Gasteiger partial charge in [0.1, 0.15) is 5.75 Å². The van der Waals surface area contributed by atoms with Crippen LogP contribution in [0.1, 0.15) is 42.9 Å². The van der Waals surface area contributed by atoms with E-state index in [1.807, 2.05) is 6.07 Å². The summed E-state index contributed by atoms with van der Waals surface area (Å²) in [6.07, 6.45) is 6.22. The van der Waals surface area contributed by atoms with Crippen LogP contribution >= 0.6 is 0 Å². The molecule has 1 unspecified atom stereocenters. The summed E-state index contributed by atoms with van der Waals surface area (Å²) >= 11 is 0. The quantitative estimate of drug-likeness (QED) is 0.774. The Balaban J connectivity index is 1.83. The lowest BCUT2D eigenvalue weighted by Gasteiger charge is -2.30. The van der Waals surface area contributed by atoms with Gasteiger partial charge in [0, 0.05) is 17.6 Å². The first-order valence-corrected chi connectivity index (χ1v) is 5.91. The van der Waals surface area contributed by atoms with E-state index in [2.05, 4.69) is 11.4 Å². The molecule has 0 spiro atoms. The minimum atomic E-state index is 0.395. The topological polar surface area (TPSA) is 32.3 Å². The summed E-state index contributed by atoms with van der Waals surface area (Å²) in [6.45, 7) is 0. The number of hydrogen-bond acceptors (Lipinski definition) is 2. The number of phenols is 1. The number of phenolic OH excluding ortho intramolecular Hbond substituents is 1. The zero-order valence-corrected chi connectivity index (χ0v) is 8.87. The van der Waals surface area contributed by atoms with Crippen molar-refractivity contribution < 1.29 is 5.11 Å². The molecule has 15 heavy (non-hydrogen) atoms. The largest absolute Gasteiger partial charge is 0.508 e. The van der Waals surface area contributed by atoms with E-state index in [9.17, 15) is 5.11 Å². The Labute approximate surface area is 90.3 Å². The maximum Gasteiger partial charge on any atom is 0.120 e. The van der Waals surface area contributed by atoms with Crippen molar-refractivity contribution in [2.75, 3.05) is 0 Å². The zero-order chi connectivity index (χ0) is 10.3. The van der Waals surface area contributed by atoms with Crippen molar-refractivity contribution in [3.8, 4) is 5.75 Å². The highest BCUT2D eigenvalue weighted by Crippen LogP contribution is 2.38. The van der Waals surface area contributed by atoms with Crippen LogP contribution in [0.3, 0.4) is 0 Å². The average Bonchev–Trinajstić information content (AvgIpc) is 2.56. The fraction of sp³-hybridized carbons (Fsp3) is 0.538. The predicted molar refractivity (Wildman–Crippen MR) is 59.9 cm³/mol. The van der Waals surface area contributed by atoms with Crippen LogP contribution in [-0.4, -0.2) is 11.1 Å². The highest BCUT2D eigenvalue weighted by molar-refractivity contribution is 5.44. The lowest BCUT2D eigenvalue weighted by Crippen LogP contribution is -2.37. The first kappa shape index (κ1) is 9.22. The van der Waals surface area contributed by atoms with E-state index in [-0.39, 0.29) is 0 Å². The zero-order valence-electron chi connectivity index (χ0n) is 8.87. The van der Waals surface area contributed by atoms with Gasteiger partial charge in [-0.2, -0.15) is 0 Å². The van der Waals surface area contributed by atoms with E-state index >= 15 is 0 Å². The van der Waals surface area contributed by atoms with Crippen molar-refractivity contribution in [1.82, 2.24) is 5.32 Å². The Morgan fingerprint density at radius 1 is 1.20 bits per heavy atom. The average molecular weight is 203 g/mol. The SMILES string of the molecule is Oc1cccc2c1C(NC1CCC1)CC2. The van der Waals surface area contributed by atoms with Crippen LogP contribution < -0.4 is 5.32 Å². The Morgan fingerprint density at radius 3 is 2.80 bits per heavy atom. The summed E-state index contributed by atoms with van der Waals surface area (Å²) in [5.41, 5.74) is 2.48. The summed E-state index contributed by atoms with van der Waals surface area (Å²) < 4.78 is 0. The summed E-state index contributed by atoms with van der Waals surface area (Å²) in [7, 11) is 0. The molecule has 0 bridgehead atoms. The van der Waals surface area contributed by atoms with E-state index in [4.69, 9.17) is 0 Å². The van der Waals surface area contributed by atoms with Gasteiger partial charge in [0.05, 0.1) is 0 Å². The highest BCUT2D eigenvalue weighted by Gasteiger charge is 2.28. The molecule has 0 amide bonds. The second-order valence-corrected chi connectivity index (χ2v) is 4.74. The van der Waals surface area contributed by atoms with E-state index in [1.165, 1.54) is 24.8 Å². The van der Waals surface area contributed by atoms with Gasteiger partial charge in [-0.05, 0) is 37.3 Å². The number of nitrogens with one attached hydrogen (secondary N) is 1. The molecule has 80 valence electrons. The third kappa shape index (κ3) is 1.53. The highest BCUT2D eigenvalue weighted by atomic mass is 16.3. The van der Waals surface area contributed by atoms with Gasteiger partial charge < -0.3 is 10.4 Å². The maximum absolute atomic E-state index is 9.87. The molecule has 0 radical (unpaired) electrons. The second kappa shape index (κ2) is 3.53. The minimum absolute atomic E-state index is 0.395. The predicted octanol–water partition coefficient (Wildman–Crippen LogP) is 2.52. The Morgan fingerprint density at radius 2 is 2.07 bits per heavy atom. The molecule has 1 atom stereocenters.